The van der Waals surface area contributed by atoms with Crippen molar-refractivity contribution >= 4 is 23.2 Å². The number of unbranched alkanes of at least 4 members (excludes halogenated alkanes) is 1. The zero-order chi connectivity index (χ0) is 20.4. The number of amides is 2. The lowest BCUT2D eigenvalue weighted by atomic mass is 10.2. The quantitative estimate of drug-likeness (QED) is 0.546. The van der Waals surface area contributed by atoms with Gasteiger partial charge in [0.15, 0.2) is 0 Å². The summed E-state index contributed by atoms with van der Waals surface area (Å²) in [6.07, 6.45) is 4.18. The number of aromatic nitrogens is 1. The van der Waals surface area contributed by atoms with Crippen LogP contribution in [0.1, 0.15) is 30.3 Å². The van der Waals surface area contributed by atoms with E-state index in [1.807, 2.05) is 47.5 Å². The number of rotatable bonds is 12. The molecule has 0 bridgehead atoms. The van der Waals surface area contributed by atoms with Crippen molar-refractivity contribution in [1.82, 2.24) is 14.4 Å². The van der Waals surface area contributed by atoms with Gasteiger partial charge in [-0.25, -0.2) is 0 Å². The molecule has 0 aliphatic rings. The van der Waals surface area contributed by atoms with Gasteiger partial charge >= 0.3 is 0 Å². The van der Waals surface area contributed by atoms with E-state index in [1.165, 1.54) is 0 Å². The van der Waals surface area contributed by atoms with Gasteiger partial charge in [-0.15, -0.1) is 11.3 Å². The van der Waals surface area contributed by atoms with E-state index in [-0.39, 0.29) is 18.4 Å². The van der Waals surface area contributed by atoms with Crippen molar-refractivity contribution in [3.05, 3.63) is 46.4 Å². The van der Waals surface area contributed by atoms with Crippen LogP contribution in [-0.4, -0.2) is 59.5 Å². The van der Waals surface area contributed by atoms with Crippen LogP contribution in [0, 0.1) is 0 Å². The van der Waals surface area contributed by atoms with Gasteiger partial charge in [0.05, 0.1) is 26.1 Å². The van der Waals surface area contributed by atoms with E-state index in [0.717, 1.165) is 23.4 Å². The number of ether oxygens (including phenoxy) is 1. The van der Waals surface area contributed by atoms with Crippen LogP contribution < -0.4 is 0 Å². The maximum absolute atomic E-state index is 13.0. The first kappa shape index (κ1) is 22.2. The van der Waals surface area contributed by atoms with Crippen molar-refractivity contribution < 1.29 is 14.3 Å². The molecule has 2 amide bonds. The van der Waals surface area contributed by atoms with Crippen molar-refractivity contribution in [1.29, 1.82) is 0 Å². The number of carbonyl (C=O) groups is 2. The van der Waals surface area contributed by atoms with E-state index in [4.69, 9.17) is 4.74 Å². The van der Waals surface area contributed by atoms with Crippen molar-refractivity contribution in [3.8, 4) is 0 Å². The lowest BCUT2D eigenvalue weighted by molar-refractivity contribution is -0.141. The Morgan fingerprint density at radius 2 is 1.96 bits per heavy atom. The molecule has 2 rings (SSSR count). The van der Waals surface area contributed by atoms with Crippen molar-refractivity contribution in [2.75, 3.05) is 33.4 Å². The molecule has 2 heterocycles. The number of methoxy groups -OCH3 is 1. The largest absolute Gasteiger partial charge is 0.383 e. The van der Waals surface area contributed by atoms with Gasteiger partial charge in [-0.05, 0) is 30.0 Å². The summed E-state index contributed by atoms with van der Waals surface area (Å²) in [7, 11) is 3.59. The van der Waals surface area contributed by atoms with Crippen LogP contribution in [0.2, 0.25) is 0 Å². The summed E-state index contributed by atoms with van der Waals surface area (Å²) in [6, 6.07) is 7.88. The molecule has 0 saturated heterocycles. The third-order valence-corrected chi connectivity index (χ3v) is 5.56. The lowest BCUT2D eigenvalue weighted by Crippen LogP contribution is -2.44. The Kier molecular flexibility index (Phi) is 9.23. The van der Waals surface area contributed by atoms with Crippen LogP contribution in [0.4, 0.5) is 0 Å². The van der Waals surface area contributed by atoms with Crippen LogP contribution in [0.5, 0.6) is 0 Å². The molecule has 0 saturated carbocycles. The summed E-state index contributed by atoms with van der Waals surface area (Å²) in [6.45, 7) is 4.28. The molecule has 28 heavy (non-hydrogen) atoms. The zero-order valence-corrected chi connectivity index (χ0v) is 17.9. The molecule has 0 aliphatic carbocycles. The fourth-order valence-electron chi connectivity index (χ4n) is 2.93. The molecule has 0 aliphatic heterocycles. The number of hydrogen-bond donors (Lipinski definition) is 0. The van der Waals surface area contributed by atoms with Gasteiger partial charge in [-0.2, -0.15) is 0 Å². The lowest BCUT2D eigenvalue weighted by Gasteiger charge is -2.28. The Morgan fingerprint density at radius 3 is 2.57 bits per heavy atom. The molecule has 0 aromatic carbocycles. The first-order valence-corrected chi connectivity index (χ1v) is 10.6. The van der Waals surface area contributed by atoms with Crippen molar-refractivity contribution in [3.63, 3.8) is 0 Å². The van der Waals surface area contributed by atoms with Gasteiger partial charge in [0.25, 0.3) is 0 Å². The van der Waals surface area contributed by atoms with Crippen LogP contribution in [0.15, 0.2) is 35.8 Å². The Balaban J connectivity index is 2.05. The van der Waals surface area contributed by atoms with Gasteiger partial charge in [0.2, 0.25) is 11.8 Å². The molecule has 2 aromatic rings. The Labute approximate surface area is 171 Å². The number of hydrogen-bond acceptors (Lipinski definition) is 4. The van der Waals surface area contributed by atoms with Gasteiger partial charge in [0, 0.05) is 44.0 Å². The molecular weight excluding hydrogens is 374 g/mol. The number of aryl methyl sites for hydroxylation is 1. The Hall–Kier alpha value is -2.12. The molecular formula is C21H31N3O3S. The molecule has 7 heteroatoms. The average molecular weight is 406 g/mol. The second-order valence-corrected chi connectivity index (χ2v) is 7.88. The van der Waals surface area contributed by atoms with E-state index in [1.54, 1.807) is 28.2 Å². The minimum Gasteiger partial charge on any atom is -0.383 e. The van der Waals surface area contributed by atoms with E-state index in [2.05, 4.69) is 6.92 Å². The molecule has 2 aromatic heterocycles. The fraction of sp³-hybridized carbons (Fsp3) is 0.524. The molecule has 0 spiro atoms. The number of nitrogens with zero attached hydrogens (tertiary/aromatic N) is 3. The third-order valence-electron chi connectivity index (χ3n) is 4.69. The zero-order valence-electron chi connectivity index (χ0n) is 17.1. The predicted molar refractivity (Wildman–Crippen MR) is 112 cm³/mol. The van der Waals surface area contributed by atoms with Crippen molar-refractivity contribution in [2.45, 2.75) is 32.7 Å². The van der Waals surface area contributed by atoms with E-state index >= 15 is 0 Å². The highest BCUT2D eigenvalue weighted by Crippen LogP contribution is 2.12. The van der Waals surface area contributed by atoms with Gasteiger partial charge in [-0.3, -0.25) is 9.59 Å². The van der Waals surface area contributed by atoms with Crippen LogP contribution in [0.3, 0.4) is 0 Å². The second-order valence-electron chi connectivity index (χ2n) is 6.84. The van der Waals surface area contributed by atoms with Crippen LogP contribution in [-0.2, 0) is 34.3 Å². The van der Waals surface area contributed by atoms with E-state index < -0.39 is 0 Å². The highest BCUT2D eigenvalue weighted by atomic mass is 32.1. The number of carbonyl (C=O) groups excluding carboxylic acids is 2. The maximum atomic E-state index is 13.0. The van der Waals surface area contributed by atoms with Crippen LogP contribution in [0.25, 0.3) is 0 Å². The highest BCUT2D eigenvalue weighted by Gasteiger charge is 2.22. The van der Waals surface area contributed by atoms with Gasteiger partial charge in [-0.1, -0.05) is 19.4 Å². The van der Waals surface area contributed by atoms with E-state index in [0.29, 0.717) is 32.7 Å². The standard InChI is InChI=1S/C21H31N3O3S/c1-4-5-11-23(20(25)15-19-9-7-14-28-19)17-21(26)24(12-13-27-3)16-18-8-6-10-22(18)2/h6-10,14H,4-5,11-13,15-17H2,1-3H3. The minimum atomic E-state index is -0.0473. The molecule has 0 N–H and O–H groups in total. The van der Waals surface area contributed by atoms with Gasteiger partial charge in [0.1, 0.15) is 0 Å². The van der Waals surface area contributed by atoms with Crippen molar-refractivity contribution in [2.24, 2.45) is 7.05 Å². The first-order valence-electron chi connectivity index (χ1n) is 9.72. The molecule has 154 valence electrons. The van der Waals surface area contributed by atoms with E-state index in [9.17, 15) is 9.59 Å². The summed E-state index contributed by atoms with van der Waals surface area (Å²) in [5.74, 6) is -0.0382. The fourth-order valence-corrected chi connectivity index (χ4v) is 3.62. The molecule has 0 unspecified atom stereocenters. The summed E-state index contributed by atoms with van der Waals surface area (Å²) in [4.78, 5) is 30.3. The molecule has 0 atom stereocenters. The molecule has 6 nitrogen and oxygen atoms in total. The first-order chi connectivity index (χ1) is 13.5. The normalized spacial score (nSPS) is 10.8. The number of thiophene rings is 1. The summed E-state index contributed by atoms with van der Waals surface area (Å²) in [5.41, 5.74) is 1.05. The monoisotopic (exact) mass is 405 g/mol. The third kappa shape index (κ3) is 6.80. The predicted octanol–water partition coefficient (Wildman–Crippen LogP) is 2.93. The smallest absolute Gasteiger partial charge is 0.242 e. The molecule has 0 fully saturated rings. The summed E-state index contributed by atoms with van der Waals surface area (Å²) >= 11 is 1.57. The maximum Gasteiger partial charge on any atom is 0.242 e. The second kappa shape index (κ2) is 11.7. The topological polar surface area (TPSA) is 54.8 Å². The average Bonchev–Trinajstić information content (AvgIpc) is 3.33. The SMILES string of the molecule is CCCCN(CC(=O)N(CCOC)Cc1cccn1C)C(=O)Cc1cccs1. The Morgan fingerprint density at radius 1 is 1.14 bits per heavy atom. The Bertz CT molecular complexity index is 727. The summed E-state index contributed by atoms with van der Waals surface area (Å²) < 4.78 is 7.18. The highest BCUT2D eigenvalue weighted by molar-refractivity contribution is 7.10. The summed E-state index contributed by atoms with van der Waals surface area (Å²) in [5, 5.41) is 1.97. The molecule has 0 radical (unpaired) electrons. The van der Waals surface area contributed by atoms with Gasteiger partial charge < -0.3 is 19.1 Å². The van der Waals surface area contributed by atoms with Crippen LogP contribution >= 0.6 is 11.3 Å². The minimum absolute atomic E-state index is 0.00908.